The SMILES string of the molecule is COc1cc(/C=C2/C(=N)N3N=C(COc4ccccc4)SC3=NC2=O)cc(Cl)c1OCc1ccccc1Cl. The average Bonchev–Trinajstić information content (AvgIpc) is 3.33. The molecule has 5 rings (SSSR count). The van der Waals surface area contributed by atoms with Gasteiger partial charge in [-0.15, -0.1) is 0 Å². The lowest BCUT2D eigenvalue weighted by Crippen LogP contribution is -2.35. The molecule has 0 aliphatic carbocycles. The first kappa shape index (κ1) is 25.8. The monoisotopic (exact) mass is 566 g/mol. The van der Waals surface area contributed by atoms with Crippen molar-refractivity contribution in [3.05, 3.63) is 93.5 Å². The third kappa shape index (κ3) is 5.55. The summed E-state index contributed by atoms with van der Waals surface area (Å²) >= 11 is 13.9. The second kappa shape index (κ2) is 11.3. The van der Waals surface area contributed by atoms with Gasteiger partial charge in [0.25, 0.3) is 5.91 Å². The third-order valence-corrected chi connectivity index (χ3v) is 7.03. The molecule has 2 aliphatic rings. The van der Waals surface area contributed by atoms with E-state index in [0.29, 0.717) is 38.0 Å². The number of carbonyl (C=O) groups is 1. The first-order valence-corrected chi connectivity index (χ1v) is 12.9. The lowest BCUT2D eigenvalue weighted by Gasteiger charge is -2.20. The first-order chi connectivity index (χ1) is 18.4. The molecular formula is C27H20Cl2N4O4S. The van der Waals surface area contributed by atoms with Gasteiger partial charge in [-0.2, -0.15) is 15.1 Å². The van der Waals surface area contributed by atoms with Gasteiger partial charge in [-0.25, -0.2) is 0 Å². The Balaban J connectivity index is 1.35. The molecule has 0 saturated heterocycles. The van der Waals surface area contributed by atoms with E-state index in [4.69, 9.17) is 42.8 Å². The number of methoxy groups -OCH3 is 1. The van der Waals surface area contributed by atoms with Gasteiger partial charge in [0.2, 0.25) is 5.17 Å². The van der Waals surface area contributed by atoms with Crippen molar-refractivity contribution in [3.63, 3.8) is 0 Å². The summed E-state index contributed by atoms with van der Waals surface area (Å²) in [6, 6.07) is 19.9. The van der Waals surface area contributed by atoms with Gasteiger partial charge in [-0.3, -0.25) is 10.2 Å². The van der Waals surface area contributed by atoms with Crippen LogP contribution in [0.2, 0.25) is 10.0 Å². The lowest BCUT2D eigenvalue weighted by atomic mass is 10.1. The Kier molecular flexibility index (Phi) is 7.69. The topological polar surface area (TPSA) is 96.6 Å². The largest absolute Gasteiger partial charge is 0.493 e. The molecule has 3 aromatic rings. The Morgan fingerprint density at radius 3 is 2.53 bits per heavy atom. The number of amidine groups is 2. The number of carbonyl (C=O) groups excluding carboxylic acids is 1. The van der Waals surface area contributed by atoms with Gasteiger partial charge in [0.05, 0.1) is 17.7 Å². The van der Waals surface area contributed by atoms with E-state index in [1.165, 1.54) is 30.0 Å². The van der Waals surface area contributed by atoms with Crippen LogP contribution in [0, 0.1) is 5.41 Å². The van der Waals surface area contributed by atoms with Crippen LogP contribution < -0.4 is 14.2 Å². The van der Waals surface area contributed by atoms with E-state index in [-0.39, 0.29) is 29.6 Å². The third-order valence-electron chi connectivity index (χ3n) is 5.49. The molecule has 11 heteroatoms. The molecule has 0 bridgehead atoms. The number of hydrazone groups is 1. The summed E-state index contributed by atoms with van der Waals surface area (Å²) in [5.74, 6) is 0.745. The average molecular weight is 567 g/mol. The standard InChI is InChI=1S/C27H20Cl2N4O4S/c1-35-22-13-16(12-21(29)24(22)37-14-17-7-5-6-10-20(17)28)11-19-25(30)33-27(31-26(19)34)38-23(32-33)15-36-18-8-3-2-4-9-18/h2-13,30H,14-15H2,1H3/b19-11-,30-25?. The van der Waals surface area contributed by atoms with E-state index in [0.717, 1.165) is 5.56 Å². The number of nitrogens with one attached hydrogen (secondary N) is 1. The molecule has 0 unspecified atom stereocenters. The molecule has 0 spiro atoms. The fourth-order valence-electron chi connectivity index (χ4n) is 3.65. The molecular weight excluding hydrogens is 547 g/mol. The van der Waals surface area contributed by atoms with Crippen LogP contribution in [0.1, 0.15) is 11.1 Å². The van der Waals surface area contributed by atoms with Crippen molar-refractivity contribution in [3.8, 4) is 17.2 Å². The van der Waals surface area contributed by atoms with Crippen LogP contribution in [0.25, 0.3) is 6.08 Å². The Labute approximate surface area is 233 Å². The number of thioether (sulfide) groups is 1. The maximum atomic E-state index is 12.8. The minimum atomic E-state index is -0.552. The summed E-state index contributed by atoms with van der Waals surface area (Å²) in [5, 5.41) is 16.1. The highest BCUT2D eigenvalue weighted by molar-refractivity contribution is 8.27. The fraction of sp³-hybridized carbons (Fsp3) is 0.111. The normalized spacial score (nSPS) is 15.8. The second-order valence-corrected chi connectivity index (χ2v) is 9.88. The number of nitrogens with zero attached hydrogens (tertiary/aromatic N) is 3. The Morgan fingerprint density at radius 2 is 1.76 bits per heavy atom. The number of ether oxygens (including phenoxy) is 3. The number of amides is 1. The van der Waals surface area contributed by atoms with Crippen molar-refractivity contribution in [2.24, 2.45) is 10.1 Å². The van der Waals surface area contributed by atoms with E-state index in [1.54, 1.807) is 18.2 Å². The number of hydrogen-bond acceptors (Lipinski definition) is 7. The highest BCUT2D eigenvalue weighted by atomic mass is 35.5. The number of hydrogen-bond donors (Lipinski definition) is 1. The van der Waals surface area contributed by atoms with Gasteiger partial charge in [0, 0.05) is 10.6 Å². The molecule has 2 heterocycles. The van der Waals surface area contributed by atoms with Crippen molar-refractivity contribution in [1.29, 1.82) is 5.41 Å². The molecule has 3 aromatic carbocycles. The minimum Gasteiger partial charge on any atom is -0.493 e. The lowest BCUT2D eigenvalue weighted by molar-refractivity contribution is -0.114. The van der Waals surface area contributed by atoms with E-state index in [2.05, 4.69) is 10.1 Å². The molecule has 0 aromatic heterocycles. The van der Waals surface area contributed by atoms with Gasteiger partial charge in [-0.1, -0.05) is 59.6 Å². The van der Waals surface area contributed by atoms with Crippen LogP contribution in [-0.2, 0) is 11.4 Å². The van der Waals surface area contributed by atoms with Crippen molar-refractivity contribution in [2.75, 3.05) is 13.7 Å². The Morgan fingerprint density at radius 1 is 1.00 bits per heavy atom. The molecule has 1 amide bonds. The number of halogens is 2. The van der Waals surface area contributed by atoms with Crippen molar-refractivity contribution >= 4 is 63.0 Å². The number of rotatable bonds is 8. The fourth-order valence-corrected chi connectivity index (χ4v) is 4.91. The van der Waals surface area contributed by atoms with Crippen molar-refractivity contribution < 1.29 is 19.0 Å². The summed E-state index contributed by atoms with van der Waals surface area (Å²) in [5.41, 5.74) is 1.39. The van der Waals surface area contributed by atoms with Crippen LogP contribution in [0.15, 0.2) is 82.4 Å². The van der Waals surface area contributed by atoms with E-state index >= 15 is 0 Å². The molecule has 0 fully saturated rings. The zero-order valence-electron chi connectivity index (χ0n) is 20.0. The number of aliphatic imine (C=N–C) groups is 1. The summed E-state index contributed by atoms with van der Waals surface area (Å²) in [6.45, 7) is 0.380. The van der Waals surface area contributed by atoms with Crippen LogP contribution >= 0.6 is 35.0 Å². The highest BCUT2D eigenvalue weighted by Gasteiger charge is 2.35. The van der Waals surface area contributed by atoms with Crippen LogP contribution in [0.3, 0.4) is 0 Å². The smallest absolute Gasteiger partial charge is 0.283 e. The zero-order chi connectivity index (χ0) is 26.6. The van der Waals surface area contributed by atoms with Crippen molar-refractivity contribution in [1.82, 2.24) is 5.01 Å². The molecule has 0 saturated carbocycles. The summed E-state index contributed by atoms with van der Waals surface area (Å²) in [7, 11) is 1.49. The van der Waals surface area contributed by atoms with Crippen LogP contribution in [0.4, 0.5) is 0 Å². The zero-order valence-corrected chi connectivity index (χ0v) is 22.3. The molecule has 38 heavy (non-hydrogen) atoms. The summed E-state index contributed by atoms with van der Waals surface area (Å²) in [6.07, 6.45) is 1.52. The van der Waals surface area contributed by atoms with Gasteiger partial charge in [0.1, 0.15) is 24.0 Å². The Hall–Kier alpha value is -3.79. The number of para-hydroxylation sites is 1. The quantitative estimate of drug-likeness (QED) is 0.322. The summed E-state index contributed by atoms with van der Waals surface area (Å²) < 4.78 is 17.1. The predicted molar refractivity (Wildman–Crippen MR) is 151 cm³/mol. The molecule has 192 valence electrons. The van der Waals surface area contributed by atoms with Crippen molar-refractivity contribution in [2.45, 2.75) is 6.61 Å². The minimum absolute atomic E-state index is 0.0613. The number of fused-ring (bicyclic) bond motifs is 1. The van der Waals surface area contributed by atoms with E-state index < -0.39 is 5.91 Å². The van der Waals surface area contributed by atoms with Gasteiger partial charge >= 0.3 is 0 Å². The maximum Gasteiger partial charge on any atom is 0.283 e. The molecule has 2 aliphatic heterocycles. The van der Waals surface area contributed by atoms with Gasteiger partial charge in [0.15, 0.2) is 17.3 Å². The number of benzene rings is 3. The highest BCUT2D eigenvalue weighted by Crippen LogP contribution is 2.38. The predicted octanol–water partition coefficient (Wildman–Crippen LogP) is 6.28. The first-order valence-electron chi connectivity index (χ1n) is 11.3. The van der Waals surface area contributed by atoms with E-state index in [1.807, 2.05) is 48.5 Å². The van der Waals surface area contributed by atoms with Gasteiger partial charge < -0.3 is 14.2 Å². The van der Waals surface area contributed by atoms with Crippen LogP contribution in [0.5, 0.6) is 17.2 Å². The maximum absolute atomic E-state index is 12.8. The van der Waals surface area contributed by atoms with Gasteiger partial charge in [-0.05, 0) is 53.7 Å². The molecule has 1 N–H and O–H groups in total. The summed E-state index contributed by atoms with van der Waals surface area (Å²) in [4.78, 5) is 16.9. The second-order valence-electron chi connectivity index (χ2n) is 8.03. The van der Waals surface area contributed by atoms with Crippen LogP contribution in [-0.4, -0.2) is 40.7 Å². The Bertz CT molecular complexity index is 1510. The molecule has 0 radical (unpaired) electrons. The molecule has 0 atom stereocenters. The van der Waals surface area contributed by atoms with E-state index in [9.17, 15) is 4.79 Å². The molecule has 8 nitrogen and oxygen atoms in total.